The van der Waals surface area contributed by atoms with Crippen LogP contribution < -0.4 is 11.2 Å². The number of H-pyrrole nitrogens is 1. The van der Waals surface area contributed by atoms with Gasteiger partial charge in [0.1, 0.15) is 36.0 Å². The van der Waals surface area contributed by atoms with Gasteiger partial charge >= 0.3 is 5.69 Å². The lowest BCUT2D eigenvalue weighted by Crippen LogP contribution is -2.59. The monoisotopic (exact) mass is 389 g/mol. The molecule has 0 bridgehead atoms. The van der Waals surface area contributed by atoms with Crippen LogP contribution in [0.25, 0.3) is 11.3 Å². The highest BCUT2D eigenvalue weighted by molar-refractivity contribution is 5.65. The Hall–Kier alpha value is -2.81. The van der Waals surface area contributed by atoms with Gasteiger partial charge in [-0.15, -0.1) is 0 Å². The highest BCUT2D eigenvalue weighted by Gasteiger charge is 2.45. The topological polar surface area (TPSA) is 169 Å². The standard InChI is InChI=1S/C18H19N3O7/c1-8-2-4-9(5-3-8)12-10(6-19)16(26)21(18(27)20-12)17-15(25)14(24)13(23)11(7-22)28-17/h2-5,11,13-15,17,22-25H,7H2,1H3,(H,20,27)/t11-,13+,14+,15-,17-/m1/s1. The SMILES string of the molecule is Cc1ccc(-c2[nH]c(=O)n([C@@H]3O[C@H](CO)[C@H](O)[C@H](O)[C@H]3O)c(=O)c2C#N)cc1. The van der Waals surface area contributed by atoms with Crippen LogP contribution in [0.15, 0.2) is 33.9 Å². The number of aromatic nitrogens is 2. The van der Waals surface area contributed by atoms with Crippen molar-refractivity contribution in [2.75, 3.05) is 6.61 Å². The van der Waals surface area contributed by atoms with E-state index in [9.17, 15) is 35.3 Å². The van der Waals surface area contributed by atoms with E-state index in [4.69, 9.17) is 4.74 Å². The van der Waals surface area contributed by atoms with Crippen molar-refractivity contribution in [2.24, 2.45) is 0 Å². The van der Waals surface area contributed by atoms with E-state index in [2.05, 4.69) is 4.98 Å². The second-order valence-electron chi connectivity index (χ2n) is 6.55. The minimum Gasteiger partial charge on any atom is -0.394 e. The number of benzene rings is 1. The third-order valence-electron chi connectivity index (χ3n) is 4.71. The van der Waals surface area contributed by atoms with E-state index in [1.807, 2.05) is 6.92 Å². The van der Waals surface area contributed by atoms with Crippen molar-refractivity contribution >= 4 is 0 Å². The number of aryl methyl sites for hydroxylation is 1. The van der Waals surface area contributed by atoms with E-state index in [0.29, 0.717) is 10.1 Å². The van der Waals surface area contributed by atoms with Gasteiger partial charge in [0.05, 0.1) is 12.3 Å². The van der Waals surface area contributed by atoms with Crippen molar-refractivity contribution in [1.82, 2.24) is 9.55 Å². The van der Waals surface area contributed by atoms with E-state index < -0.39 is 48.5 Å². The summed E-state index contributed by atoms with van der Waals surface area (Å²) in [5.74, 6) is 0. The van der Waals surface area contributed by atoms with Gasteiger partial charge in [-0.2, -0.15) is 5.26 Å². The summed E-state index contributed by atoms with van der Waals surface area (Å²) in [5.41, 5.74) is -1.01. The van der Waals surface area contributed by atoms with E-state index in [1.54, 1.807) is 30.3 Å². The summed E-state index contributed by atoms with van der Waals surface area (Å²) in [7, 11) is 0. The summed E-state index contributed by atoms with van der Waals surface area (Å²) in [5, 5.41) is 48.7. The molecule has 5 N–H and O–H groups in total. The summed E-state index contributed by atoms with van der Waals surface area (Å²) >= 11 is 0. The zero-order chi connectivity index (χ0) is 20.6. The smallest absolute Gasteiger partial charge is 0.331 e. The predicted octanol–water partition coefficient (Wildman–Crippen LogP) is -1.64. The highest BCUT2D eigenvalue weighted by atomic mass is 16.6. The minimum absolute atomic E-state index is 0.0124. The number of nitrogens with zero attached hydrogens (tertiary/aromatic N) is 2. The third-order valence-corrected chi connectivity index (χ3v) is 4.71. The molecule has 148 valence electrons. The van der Waals surface area contributed by atoms with Crippen molar-refractivity contribution in [3.63, 3.8) is 0 Å². The van der Waals surface area contributed by atoms with Gasteiger partial charge in [-0.25, -0.2) is 9.36 Å². The Balaban J connectivity index is 2.16. The van der Waals surface area contributed by atoms with Crippen LogP contribution in [0.3, 0.4) is 0 Å². The number of hydrogen-bond donors (Lipinski definition) is 5. The first kappa shape index (κ1) is 19.9. The zero-order valence-electron chi connectivity index (χ0n) is 14.8. The van der Waals surface area contributed by atoms with Crippen molar-refractivity contribution in [2.45, 2.75) is 37.6 Å². The molecule has 28 heavy (non-hydrogen) atoms. The van der Waals surface area contributed by atoms with Crippen LogP contribution in [0, 0.1) is 18.3 Å². The van der Waals surface area contributed by atoms with Crippen LogP contribution >= 0.6 is 0 Å². The number of aliphatic hydroxyl groups is 4. The quantitative estimate of drug-likeness (QED) is 0.416. The largest absolute Gasteiger partial charge is 0.394 e. The molecule has 0 amide bonds. The maximum Gasteiger partial charge on any atom is 0.331 e. The number of ether oxygens (including phenoxy) is 1. The fourth-order valence-corrected chi connectivity index (χ4v) is 3.12. The van der Waals surface area contributed by atoms with Crippen LogP contribution in [-0.2, 0) is 4.74 Å². The van der Waals surface area contributed by atoms with Crippen LogP contribution in [0.4, 0.5) is 0 Å². The lowest BCUT2D eigenvalue weighted by molar-refractivity contribution is -0.252. The number of aliphatic hydroxyl groups excluding tert-OH is 4. The molecule has 2 heterocycles. The van der Waals surface area contributed by atoms with Crippen molar-refractivity contribution in [3.05, 3.63) is 56.2 Å². The highest BCUT2D eigenvalue weighted by Crippen LogP contribution is 2.27. The van der Waals surface area contributed by atoms with Crippen molar-refractivity contribution < 1.29 is 25.2 Å². The van der Waals surface area contributed by atoms with Gasteiger partial charge in [0.2, 0.25) is 0 Å². The van der Waals surface area contributed by atoms with Crippen LogP contribution in [0.2, 0.25) is 0 Å². The molecule has 1 aromatic carbocycles. The molecule has 0 radical (unpaired) electrons. The Bertz CT molecular complexity index is 1020. The molecule has 5 atom stereocenters. The molecule has 1 aliphatic rings. The summed E-state index contributed by atoms with van der Waals surface area (Å²) in [6.45, 7) is 1.13. The summed E-state index contributed by atoms with van der Waals surface area (Å²) < 4.78 is 5.72. The summed E-state index contributed by atoms with van der Waals surface area (Å²) in [4.78, 5) is 27.9. The van der Waals surface area contributed by atoms with E-state index >= 15 is 0 Å². The van der Waals surface area contributed by atoms with Gasteiger partial charge in [0, 0.05) is 0 Å². The first-order chi connectivity index (χ1) is 13.3. The lowest BCUT2D eigenvalue weighted by atomic mass is 9.98. The predicted molar refractivity (Wildman–Crippen MR) is 95.2 cm³/mol. The lowest BCUT2D eigenvalue weighted by Gasteiger charge is -2.40. The van der Waals surface area contributed by atoms with Gasteiger partial charge in [0.15, 0.2) is 6.23 Å². The number of aromatic amines is 1. The van der Waals surface area contributed by atoms with Crippen LogP contribution in [0.5, 0.6) is 0 Å². The molecule has 1 aromatic heterocycles. The van der Waals surface area contributed by atoms with Gasteiger partial charge in [-0.1, -0.05) is 29.8 Å². The number of nitrogens with one attached hydrogen (secondary N) is 1. The molecule has 10 heteroatoms. The average molecular weight is 389 g/mol. The third kappa shape index (κ3) is 3.26. The molecule has 10 nitrogen and oxygen atoms in total. The van der Waals surface area contributed by atoms with Crippen LogP contribution in [-0.4, -0.2) is 61.0 Å². The zero-order valence-corrected chi connectivity index (χ0v) is 14.8. The summed E-state index contributed by atoms with van der Waals surface area (Å²) in [6, 6.07) is 8.51. The molecular formula is C18H19N3O7. The van der Waals surface area contributed by atoms with Gasteiger partial charge in [0.25, 0.3) is 5.56 Å². The molecule has 0 spiro atoms. The summed E-state index contributed by atoms with van der Waals surface area (Å²) in [6.07, 6.45) is -8.27. The molecule has 0 aliphatic carbocycles. The molecule has 0 saturated carbocycles. The first-order valence-corrected chi connectivity index (χ1v) is 8.46. The maximum absolute atomic E-state index is 12.8. The second-order valence-corrected chi connectivity index (χ2v) is 6.55. The minimum atomic E-state index is -1.84. The molecular weight excluding hydrogens is 370 g/mol. The average Bonchev–Trinajstić information content (AvgIpc) is 2.68. The Morgan fingerprint density at radius 1 is 1.14 bits per heavy atom. The van der Waals surface area contributed by atoms with Crippen molar-refractivity contribution in [3.8, 4) is 17.3 Å². The Kier molecular flexibility index (Phi) is 5.46. The normalized spacial score (nSPS) is 27.4. The van der Waals surface area contributed by atoms with Gasteiger partial charge in [-0.3, -0.25) is 4.79 Å². The number of nitriles is 1. The van der Waals surface area contributed by atoms with Crippen molar-refractivity contribution in [1.29, 1.82) is 5.26 Å². The fraction of sp³-hybridized carbons (Fsp3) is 0.389. The van der Waals surface area contributed by atoms with Gasteiger partial charge < -0.3 is 30.1 Å². The molecule has 1 saturated heterocycles. The Morgan fingerprint density at radius 2 is 1.79 bits per heavy atom. The van der Waals surface area contributed by atoms with Crippen LogP contribution in [0.1, 0.15) is 17.4 Å². The van der Waals surface area contributed by atoms with E-state index in [1.165, 1.54) is 0 Å². The molecule has 1 fully saturated rings. The Labute approximate surface area is 158 Å². The molecule has 1 aliphatic heterocycles. The number of rotatable bonds is 3. The first-order valence-electron chi connectivity index (χ1n) is 8.46. The van der Waals surface area contributed by atoms with Gasteiger partial charge in [-0.05, 0) is 12.5 Å². The fourth-order valence-electron chi connectivity index (χ4n) is 3.12. The Morgan fingerprint density at radius 3 is 2.36 bits per heavy atom. The second kappa shape index (κ2) is 7.67. The van der Waals surface area contributed by atoms with E-state index in [0.717, 1.165) is 5.56 Å². The van der Waals surface area contributed by atoms with E-state index in [-0.39, 0.29) is 11.3 Å². The maximum atomic E-state index is 12.8. The molecule has 0 unspecified atom stereocenters. The molecule has 3 rings (SSSR count). The molecule has 2 aromatic rings. The number of hydrogen-bond acceptors (Lipinski definition) is 8.